The van der Waals surface area contributed by atoms with Gasteiger partial charge in [-0.1, -0.05) is 23.7 Å². The number of likely N-dealkylation sites (tertiary alicyclic amines) is 1. The van der Waals surface area contributed by atoms with Gasteiger partial charge < -0.3 is 25.6 Å². The molecule has 170 valence electrons. The highest BCUT2D eigenvalue weighted by Crippen LogP contribution is 2.19. The number of urea groups is 1. The zero-order valence-electron chi connectivity index (χ0n) is 18.1. The summed E-state index contributed by atoms with van der Waals surface area (Å²) >= 11 is 5.81. The molecule has 3 rings (SSSR count). The Labute approximate surface area is 191 Å². The molecule has 0 saturated carbocycles. The molecular weight excluding hydrogens is 434 g/mol. The van der Waals surface area contributed by atoms with Crippen molar-refractivity contribution >= 4 is 41.1 Å². The summed E-state index contributed by atoms with van der Waals surface area (Å²) in [5.41, 5.74) is 0.0471. The van der Waals surface area contributed by atoms with Crippen LogP contribution in [0.3, 0.4) is 0 Å². The zero-order chi connectivity index (χ0) is 23.3. The third-order valence-electron chi connectivity index (χ3n) is 4.56. The van der Waals surface area contributed by atoms with E-state index in [0.717, 1.165) is 0 Å². The summed E-state index contributed by atoms with van der Waals surface area (Å²) in [5, 5.41) is 8.68. The lowest BCUT2D eigenvalue weighted by Gasteiger charge is -2.24. The van der Waals surface area contributed by atoms with Crippen LogP contribution in [0.5, 0.6) is 0 Å². The van der Waals surface area contributed by atoms with Gasteiger partial charge in [0.15, 0.2) is 0 Å². The number of benzene rings is 1. The first-order valence-electron chi connectivity index (χ1n) is 10.2. The van der Waals surface area contributed by atoms with E-state index in [1.807, 2.05) is 0 Å². The summed E-state index contributed by atoms with van der Waals surface area (Å²) in [7, 11) is 0. The van der Waals surface area contributed by atoms with E-state index in [4.69, 9.17) is 16.3 Å². The molecule has 0 aliphatic carbocycles. The molecule has 4 amide bonds. The van der Waals surface area contributed by atoms with Crippen LogP contribution in [0.4, 0.5) is 21.1 Å². The summed E-state index contributed by atoms with van der Waals surface area (Å²) in [6.45, 7) is 6.27. The maximum atomic E-state index is 12.7. The molecule has 1 aliphatic rings. The van der Waals surface area contributed by atoms with E-state index in [-0.39, 0.29) is 11.6 Å². The van der Waals surface area contributed by atoms with Gasteiger partial charge in [0.1, 0.15) is 11.4 Å². The van der Waals surface area contributed by atoms with Gasteiger partial charge in [0.05, 0.1) is 16.3 Å². The predicted octanol–water partition coefficient (Wildman–Crippen LogP) is 4.12. The lowest BCUT2D eigenvalue weighted by atomic mass is 10.1. The van der Waals surface area contributed by atoms with E-state index in [1.54, 1.807) is 62.1 Å². The monoisotopic (exact) mass is 459 g/mol. The van der Waals surface area contributed by atoms with Crippen LogP contribution in [0.1, 0.15) is 37.6 Å². The molecule has 1 saturated heterocycles. The normalized spacial score (nSPS) is 15.8. The second kappa shape index (κ2) is 9.86. The number of rotatable bonds is 4. The van der Waals surface area contributed by atoms with Gasteiger partial charge in [-0.15, -0.1) is 0 Å². The average Bonchev–Trinajstić information content (AvgIpc) is 3.17. The number of para-hydroxylation sites is 1. The number of halogens is 1. The van der Waals surface area contributed by atoms with Crippen molar-refractivity contribution in [3.63, 3.8) is 0 Å². The maximum absolute atomic E-state index is 12.7. The molecule has 1 aliphatic heterocycles. The number of carbonyl (C=O) groups is 3. The number of hydrogen-bond acceptors (Lipinski definition) is 5. The van der Waals surface area contributed by atoms with E-state index in [2.05, 4.69) is 20.9 Å². The van der Waals surface area contributed by atoms with Crippen LogP contribution < -0.4 is 16.0 Å². The number of pyridine rings is 1. The molecule has 1 aromatic carbocycles. The first-order chi connectivity index (χ1) is 15.1. The molecule has 1 unspecified atom stereocenters. The molecule has 1 fully saturated rings. The van der Waals surface area contributed by atoms with E-state index >= 15 is 0 Å². The zero-order valence-corrected chi connectivity index (χ0v) is 18.9. The van der Waals surface area contributed by atoms with Crippen molar-refractivity contribution in [1.29, 1.82) is 0 Å². The van der Waals surface area contributed by atoms with Crippen LogP contribution in [-0.4, -0.2) is 52.6 Å². The second-order valence-corrected chi connectivity index (χ2v) is 8.81. The molecule has 3 N–H and O–H groups in total. The number of anilines is 2. The third kappa shape index (κ3) is 6.58. The van der Waals surface area contributed by atoms with Crippen LogP contribution in [0.15, 0.2) is 42.6 Å². The molecule has 0 bridgehead atoms. The van der Waals surface area contributed by atoms with E-state index in [9.17, 15) is 14.4 Å². The summed E-state index contributed by atoms with van der Waals surface area (Å²) in [5.74, 6) is -0.0838. The van der Waals surface area contributed by atoms with Crippen molar-refractivity contribution < 1.29 is 19.1 Å². The van der Waals surface area contributed by atoms with Crippen LogP contribution in [0.2, 0.25) is 5.02 Å². The number of nitrogens with zero attached hydrogens (tertiary/aromatic N) is 2. The summed E-state index contributed by atoms with van der Waals surface area (Å²) in [6.07, 6.45) is 1.63. The number of nitrogens with one attached hydrogen (secondary N) is 3. The fourth-order valence-electron chi connectivity index (χ4n) is 3.14. The van der Waals surface area contributed by atoms with Crippen molar-refractivity contribution in [3.8, 4) is 0 Å². The quantitative estimate of drug-likeness (QED) is 0.636. The van der Waals surface area contributed by atoms with Gasteiger partial charge in [-0.05, 0) is 51.5 Å². The highest BCUT2D eigenvalue weighted by molar-refractivity contribution is 6.30. The van der Waals surface area contributed by atoms with Crippen LogP contribution >= 0.6 is 11.6 Å². The van der Waals surface area contributed by atoms with Crippen molar-refractivity contribution in [3.05, 3.63) is 53.2 Å². The number of aromatic nitrogens is 1. The van der Waals surface area contributed by atoms with Gasteiger partial charge >= 0.3 is 12.1 Å². The van der Waals surface area contributed by atoms with Crippen molar-refractivity contribution in [2.24, 2.45) is 0 Å². The summed E-state index contributed by atoms with van der Waals surface area (Å²) in [4.78, 5) is 43.0. The van der Waals surface area contributed by atoms with Crippen LogP contribution in [0, 0.1) is 0 Å². The Morgan fingerprint density at radius 1 is 1.12 bits per heavy atom. The first-order valence-corrected chi connectivity index (χ1v) is 10.6. The molecule has 32 heavy (non-hydrogen) atoms. The minimum absolute atomic E-state index is 0.221. The lowest BCUT2D eigenvalue weighted by Crippen LogP contribution is -2.42. The molecule has 1 atom stereocenters. The fourth-order valence-corrected chi connectivity index (χ4v) is 3.25. The Bertz CT molecular complexity index is 991. The highest BCUT2D eigenvalue weighted by Gasteiger charge is 2.30. The smallest absolute Gasteiger partial charge is 0.410 e. The van der Waals surface area contributed by atoms with E-state index in [0.29, 0.717) is 36.0 Å². The molecule has 2 aromatic rings. The predicted molar refractivity (Wildman–Crippen MR) is 122 cm³/mol. The van der Waals surface area contributed by atoms with Crippen molar-refractivity contribution in [2.75, 3.05) is 23.7 Å². The van der Waals surface area contributed by atoms with Crippen molar-refractivity contribution in [2.45, 2.75) is 38.8 Å². The standard InChI is InChI=1S/C22H26ClN5O4/c1-22(2,3)32-21(31)28-11-10-15(13-28)25-20(30)26-17-7-5-4-6-16(17)19(29)27-18-9-8-14(23)12-24-18/h4-9,12,15H,10-11,13H2,1-3H3,(H,24,27,29)(H2,25,26,30). The molecular formula is C22H26ClN5O4. The Kier molecular flexibility index (Phi) is 7.19. The average molecular weight is 460 g/mol. The summed E-state index contributed by atoms with van der Waals surface area (Å²) < 4.78 is 5.37. The fraction of sp³-hybridized carbons (Fsp3) is 0.364. The molecule has 2 heterocycles. The molecule has 1 aromatic heterocycles. The maximum Gasteiger partial charge on any atom is 0.410 e. The SMILES string of the molecule is CC(C)(C)OC(=O)N1CCC(NC(=O)Nc2ccccc2C(=O)Nc2ccc(Cl)cn2)C1. The summed E-state index contributed by atoms with van der Waals surface area (Å²) in [6, 6.07) is 9.15. The first kappa shape index (κ1) is 23.3. The molecule has 10 heteroatoms. The molecule has 9 nitrogen and oxygen atoms in total. The Morgan fingerprint density at radius 2 is 1.88 bits per heavy atom. The Balaban J connectivity index is 1.57. The van der Waals surface area contributed by atoms with Gasteiger partial charge in [-0.25, -0.2) is 14.6 Å². The van der Waals surface area contributed by atoms with E-state index in [1.165, 1.54) is 6.20 Å². The van der Waals surface area contributed by atoms with Gasteiger partial charge in [0.25, 0.3) is 5.91 Å². The molecule has 0 spiro atoms. The number of amides is 4. The van der Waals surface area contributed by atoms with E-state index < -0.39 is 23.6 Å². The number of hydrogen-bond donors (Lipinski definition) is 3. The topological polar surface area (TPSA) is 113 Å². The lowest BCUT2D eigenvalue weighted by molar-refractivity contribution is 0.0291. The van der Waals surface area contributed by atoms with Crippen molar-refractivity contribution in [1.82, 2.24) is 15.2 Å². The Morgan fingerprint density at radius 3 is 2.56 bits per heavy atom. The minimum atomic E-state index is -0.578. The van der Waals surface area contributed by atoms with Gasteiger partial charge in [0.2, 0.25) is 0 Å². The molecule has 0 radical (unpaired) electrons. The van der Waals surface area contributed by atoms with Crippen LogP contribution in [-0.2, 0) is 4.74 Å². The van der Waals surface area contributed by atoms with Gasteiger partial charge in [-0.3, -0.25) is 4.79 Å². The third-order valence-corrected chi connectivity index (χ3v) is 4.79. The highest BCUT2D eigenvalue weighted by atomic mass is 35.5. The number of carbonyl (C=O) groups excluding carboxylic acids is 3. The minimum Gasteiger partial charge on any atom is -0.444 e. The second-order valence-electron chi connectivity index (χ2n) is 8.37. The van der Waals surface area contributed by atoms with Crippen LogP contribution in [0.25, 0.3) is 0 Å². The van der Waals surface area contributed by atoms with Gasteiger partial charge in [0, 0.05) is 25.3 Å². The largest absolute Gasteiger partial charge is 0.444 e. The number of ether oxygens (including phenoxy) is 1. The van der Waals surface area contributed by atoms with Gasteiger partial charge in [-0.2, -0.15) is 0 Å². The Hall–Kier alpha value is -3.33.